The Balaban J connectivity index is 2.25. The van der Waals surface area contributed by atoms with Gasteiger partial charge < -0.3 is 15.4 Å². The van der Waals surface area contributed by atoms with Crippen molar-refractivity contribution >= 4 is 5.82 Å². The van der Waals surface area contributed by atoms with E-state index in [2.05, 4.69) is 30.9 Å². The van der Waals surface area contributed by atoms with Crippen LogP contribution in [0.4, 0.5) is 5.82 Å². The van der Waals surface area contributed by atoms with Crippen LogP contribution >= 0.6 is 0 Å². The van der Waals surface area contributed by atoms with Crippen LogP contribution in [0, 0.1) is 0 Å². The highest BCUT2D eigenvalue weighted by Gasteiger charge is 2.21. The molecule has 0 saturated carbocycles. The molecule has 1 unspecified atom stereocenters. The molecule has 4 nitrogen and oxygen atoms in total. The molecule has 1 aromatic heterocycles. The van der Waals surface area contributed by atoms with Crippen molar-refractivity contribution in [3.63, 3.8) is 0 Å². The van der Waals surface area contributed by atoms with Gasteiger partial charge in [-0.05, 0) is 36.5 Å². The molecular weight excluding hydrogens is 238 g/mol. The normalized spacial score (nSPS) is 20.1. The molecule has 106 valence electrons. The van der Waals surface area contributed by atoms with Crippen LogP contribution < -0.4 is 10.6 Å². The zero-order chi connectivity index (χ0) is 13.8. The van der Waals surface area contributed by atoms with Gasteiger partial charge in [0, 0.05) is 32.4 Å². The highest BCUT2D eigenvalue weighted by molar-refractivity contribution is 5.44. The Bertz CT molecular complexity index is 420. The lowest BCUT2D eigenvalue weighted by Crippen LogP contribution is -2.39. The fraction of sp³-hybridized carbons (Fsp3) is 0.667. The van der Waals surface area contributed by atoms with Crippen LogP contribution in [-0.2, 0) is 11.3 Å². The second kappa shape index (κ2) is 6.35. The molecule has 1 fully saturated rings. The number of anilines is 1. The highest BCUT2D eigenvalue weighted by atomic mass is 16.5. The Morgan fingerprint density at radius 2 is 2.26 bits per heavy atom. The van der Waals surface area contributed by atoms with Crippen molar-refractivity contribution in [1.82, 2.24) is 4.98 Å². The Kier molecular flexibility index (Phi) is 4.77. The zero-order valence-electron chi connectivity index (χ0n) is 12.2. The SMILES string of the molecule is COC1CCCN(c2cc(CN)cc(C(C)C)n2)C1. The largest absolute Gasteiger partial charge is 0.380 e. The molecule has 1 aliphatic rings. The summed E-state index contributed by atoms with van der Waals surface area (Å²) in [4.78, 5) is 7.11. The molecule has 2 heterocycles. The van der Waals surface area contributed by atoms with Crippen molar-refractivity contribution in [3.8, 4) is 0 Å². The highest BCUT2D eigenvalue weighted by Crippen LogP contribution is 2.23. The van der Waals surface area contributed by atoms with E-state index in [-0.39, 0.29) is 0 Å². The van der Waals surface area contributed by atoms with Crippen molar-refractivity contribution in [2.24, 2.45) is 5.73 Å². The van der Waals surface area contributed by atoms with E-state index >= 15 is 0 Å². The quantitative estimate of drug-likeness (QED) is 0.905. The molecule has 0 bridgehead atoms. The first-order chi connectivity index (χ1) is 9.13. The summed E-state index contributed by atoms with van der Waals surface area (Å²) in [6, 6.07) is 4.23. The first kappa shape index (κ1) is 14.3. The Hall–Kier alpha value is -1.13. The minimum Gasteiger partial charge on any atom is -0.380 e. The number of rotatable bonds is 4. The summed E-state index contributed by atoms with van der Waals surface area (Å²) in [6.45, 7) is 6.88. The number of pyridine rings is 1. The van der Waals surface area contributed by atoms with Gasteiger partial charge in [-0.25, -0.2) is 4.98 Å². The summed E-state index contributed by atoms with van der Waals surface area (Å²) in [5.74, 6) is 1.47. The van der Waals surface area contributed by atoms with E-state index in [1.54, 1.807) is 7.11 Å². The predicted octanol–water partition coefficient (Wildman–Crippen LogP) is 2.28. The second-order valence-corrected chi connectivity index (χ2v) is 5.56. The maximum atomic E-state index is 5.80. The van der Waals surface area contributed by atoms with Crippen LogP contribution in [0.1, 0.15) is 43.9 Å². The third-order valence-electron chi connectivity index (χ3n) is 3.75. The number of nitrogens with zero attached hydrogens (tertiary/aromatic N) is 2. The molecule has 4 heteroatoms. The number of methoxy groups -OCH3 is 1. The van der Waals surface area contributed by atoms with E-state index in [0.717, 1.165) is 43.0 Å². The molecule has 0 aliphatic carbocycles. The van der Waals surface area contributed by atoms with Gasteiger partial charge >= 0.3 is 0 Å². The lowest BCUT2D eigenvalue weighted by atomic mass is 10.1. The van der Waals surface area contributed by atoms with Crippen LogP contribution in [0.3, 0.4) is 0 Å². The smallest absolute Gasteiger partial charge is 0.129 e. The topological polar surface area (TPSA) is 51.4 Å². The zero-order valence-corrected chi connectivity index (χ0v) is 12.2. The maximum absolute atomic E-state index is 5.80. The lowest BCUT2D eigenvalue weighted by molar-refractivity contribution is 0.0891. The third-order valence-corrected chi connectivity index (χ3v) is 3.75. The van der Waals surface area contributed by atoms with E-state index in [4.69, 9.17) is 15.5 Å². The summed E-state index contributed by atoms with van der Waals surface area (Å²) in [5.41, 5.74) is 8.08. The van der Waals surface area contributed by atoms with Gasteiger partial charge in [0.1, 0.15) is 5.82 Å². The number of hydrogen-bond donors (Lipinski definition) is 1. The van der Waals surface area contributed by atoms with Gasteiger partial charge in [-0.3, -0.25) is 0 Å². The van der Waals surface area contributed by atoms with E-state index in [9.17, 15) is 0 Å². The minimum absolute atomic E-state index is 0.319. The number of hydrogen-bond acceptors (Lipinski definition) is 4. The van der Waals surface area contributed by atoms with Crippen LogP contribution in [-0.4, -0.2) is 31.3 Å². The first-order valence-electron chi connectivity index (χ1n) is 7.12. The van der Waals surface area contributed by atoms with Gasteiger partial charge in [0.05, 0.1) is 6.10 Å². The fourth-order valence-corrected chi connectivity index (χ4v) is 2.51. The monoisotopic (exact) mass is 263 g/mol. The summed E-state index contributed by atoms with van der Waals surface area (Å²) in [7, 11) is 1.79. The first-order valence-corrected chi connectivity index (χ1v) is 7.12. The lowest BCUT2D eigenvalue weighted by Gasteiger charge is -2.33. The number of ether oxygens (including phenoxy) is 1. The van der Waals surface area contributed by atoms with Gasteiger partial charge in [-0.15, -0.1) is 0 Å². The summed E-state index contributed by atoms with van der Waals surface area (Å²) >= 11 is 0. The van der Waals surface area contributed by atoms with E-state index in [1.165, 1.54) is 0 Å². The van der Waals surface area contributed by atoms with Crippen LogP contribution in [0.2, 0.25) is 0 Å². The van der Waals surface area contributed by atoms with Gasteiger partial charge in [-0.1, -0.05) is 13.8 Å². The third kappa shape index (κ3) is 3.45. The van der Waals surface area contributed by atoms with Gasteiger partial charge in [0.2, 0.25) is 0 Å². The number of nitrogens with two attached hydrogens (primary N) is 1. The van der Waals surface area contributed by atoms with Crippen molar-refractivity contribution < 1.29 is 4.74 Å². The van der Waals surface area contributed by atoms with Crippen molar-refractivity contribution in [2.45, 2.75) is 45.3 Å². The van der Waals surface area contributed by atoms with Crippen LogP contribution in [0.25, 0.3) is 0 Å². The molecule has 0 radical (unpaired) electrons. The Labute approximate surface area is 116 Å². The Morgan fingerprint density at radius 1 is 1.47 bits per heavy atom. The molecule has 19 heavy (non-hydrogen) atoms. The molecule has 0 spiro atoms. The molecule has 2 N–H and O–H groups in total. The molecule has 1 aromatic rings. The van der Waals surface area contributed by atoms with E-state index < -0.39 is 0 Å². The summed E-state index contributed by atoms with van der Waals surface area (Å²) < 4.78 is 5.48. The van der Waals surface area contributed by atoms with E-state index in [0.29, 0.717) is 18.6 Å². The fourth-order valence-electron chi connectivity index (χ4n) is 2.51. The van der Waals surface area contributed by atoms with Crippen LogP contribution in [0.5, 0.6) is 0 Å². The second-order valence-electron chi connectivity index (χ2n) is 5.56. The minimum atomic E-state index is 0.319. The molecule has 2 rings (SSSR count). The van der Waals surface area contributed by atoms with Gasteiger partial charge in [0.25, 0.3) is 0 Å². The van der Waals surface area contributed by atoms with Crippen molar-refractivity contribution in [3.05, 3.63) is 23.4 Å². The average molecular weight is 263 g/mol. The predicted molar refractivity (Wildman–Crippen MR) is 78.5 cm³/mol. The molecule has 0 aromatic carbocycles. The Morgan fingerprint density at radius 3 is 2.89 bits per heavy atom. The molecule has 1 atom stereocenters. The van der Waals surface area contributed by atoms with Crippen molar-refractivity contribution in [1.29, 1.82) is 0 Å². The average Bonchev–Trinajstić information content (AvgIpc) is 2.46. The summed E-state index contributed by atoms with van der Waals surface area (Å²) in [5, 5.41) is 0. The molecule has 1 aliphatic heterocycles. The number of aromatic nitrogens is 1. The van der Waals surface area contributed by atoms with Gasteiger partial charge in [0.15, 0.2) is 0 Å². The maximum Gasteiger partial charge on any atom is 0.129 e. The standard InChI is InChI=1S/C15H25N3O/c1-11(2)14-7-12(9-16)8-15(17-14)18-6-4-5-13(10-18)19-3/h7-8,11,13H,4-6,9-10,16H2,1-3H3. The van der Waals surface area contributed by atoms with Crippen molar-refractivity contribution in [2.75, 3.05) is 25.1 Å². The summed E-state index contributed by atoms with van der Waals surface area (Å²) in [6.07, 6.45) is 2.62. The van der Waals surface area contributed by atoms with E-state index in [1.807, 2.05) is 0 Å². The van der Waals surface area contributed by atoms with Gasteiger partial charge in [-0.2, -0.15) is 0 Å². The molecule has 0 amide bonds. The van der Waals surface area contributed by atoms with Crippen LogP contribution in [0.15, 0.2) is 12.1 Å². The number of piperidine rings is 1. The molecular formula is C15H25N3O. The molecule has 1 saturated heterocycles.